The van der Waals surface area contributed by atoms with E-state index >= 15 is 0 Å². The first-order chi connectivity index (χ1) is 12.1. The second kappa shape index (κ2) is 7.94. The predicted molar refractivity (Wildman–Crippen MR) is 99.4 cm³/mol. The Hall–Kier alpha value is -2.66. The highest BCUT2D eigenvalue weighted by Gasteiger charge is 2.26. The van der Waals surface area contributed by atoms with E-state index in [0.717, 1.165) is 19.3 Å². The Morgan fingerprint density at radius 3 is 2.20 bits per heavy atom. The molecule has 0 heterocycles. The second-order valence-electron chi connectivity index (χ2n) is 6.47. The Balaban J connectivity index is 1.66. The van der Waals surface area contributed by atoms with Gasteiger partial charge >= 0.3 is 0 Å². The van der Waals surface area contributed by atoms with Crippen LogP contribution in [0.3, 0.4) is 0 Å². The van der Waals surface area contributed by atoms with E-state index in [4.69, 9.17) is 5.73 Å². The number of nitrogens with one attached hydrogen (secondary N) is 2. The summed E-state index contributed by atoms with van der Waals surface area (Å²) in [6, 6.07) is 16.3. The number of hydrogen-bond donors (Lipinski definition) is 3. The van der Waals surface area contributed by atoms with Crippen LogP contribution < -0.4 is 16.4 Å². The highest BCUT2D eigenvalue weighted by molar-refractivity contribution is 6.07. The zero-order valence-corrected chi connectivity index (χ0v) is 14.1. The molecule has 25 heavy (non-hydrogen) atoms. The molecule has 2 atom stereocenters. The summed E-state index contributed by atoms with van der Waals surface area (Å²) in [6.07, 6.45) is 3.49. The second-order valence-corrected chi connectivity index (χ2v) is 6.47. The predicted octanol–water partition coefficient (Wildman–Crippen LogP) is 3.39. The molecule has 5 nitrogen and oxygen atoms in total. The van der Waals surface area contributed by atoms with Gasteiger partial charge in [-0.1, -0.05) is 36.8 Å². The van der Waals surface area contributed by atoms with Crippen LogP contribution in [0.4, 0.5) is 11.4 Å². The van der Waals surface area contributed by atoms with Gasteiger partial charge in [0, 0.05) is 18.0 Å². The fourth-order valence-corrected chi connectivity index (χ4v) is 3.24. The molecule has 0 saturated heterocycles. The molecule has 3 rings (SSSR count). The first-order valence-electron chi connectivity index (χ1n) is 8.64. The van der Waals surface area contributed by atoms with Crippen molar-refractivity contribution in [2.75, 3.05) is 10.6 Å². The first kappa shape index (κ1) is 17.2. The summed E-state index contributed by atoms with van der Waals surface area (Å²) in [7, 11) is 0. The van der Waals surface area contributed by atoms with E-state index in [-0.39, 0.29) is 23.8 Å². The Kier molecular flexibility index (Phi) is 5.46. The molecule has 130 valence electrons. The monoisotopic (exact) mass is 337 g/mol. The smallest absolute Gasteiger partial charge is 0.255 e. The molecule has 2 amide bonds. The van der Waals surface area contributed by atoms with E-state index in [9.17, 15) is 9.59 Å². The Labute approximate surface area is 147 Å². The first-order valence-corrected chi connectivity index (χ1v) is 8.64. The lowest BCUT2D eigenvalue weighted by Crippen LogP contribution is -2.28. The highest BCUT2D eigenvalue weighted by atomic mass is 16.2. The number of carbonyl (C=O) groups is 2. The van der Waals surface area contributed by atoms with Crippen LogP contribution in [0.1, 0.15) is 36.0 Å². The molecule has 1 saturated carbocycles. The van der Waals surface area contributed by atoms with Gasteiger partial charge < -0.3 is 16.4 Å². The number of amides is 2. The number of carbonyl (C=O) groups excluding carboxylic acids is 2. The third-order valence-corrected chi connectivity index (χ3v) is 4.65. The van der Waals surface area contributed by atoms with Crippen LogP contribution in [0, 0.1) is 5.92 Å². The van der Waals surface area contributed by atoms with Crippen molar-refractivity contribution >= 4 is 23.2 Å². The van der Waals surface area contributed by atoms with Crippen molar-refractivity contribution in [1.82, 2.24) is 0 Å². The number of para-hydroxylation sites is 2. The fourth-order valence-electron chi connectivity index (χ4n) is 3.24. The van der Waals surface area contributed by atoms with Crippen LogP contribution in [-0.2, 0) is 4.79 Å². The normalized spacial score (nSPS) is 19.4. The molecule has 4 N–H and O–H groups in total. The quantitative estimate of drug-likeness (QED) is 0.782. The van der Waals surface area contributed by atoms with Gasteiger partial charge in [-0.05, 0) is 43.0 Å². The van der Waals surface area contributed by atoms with Crippen LogP contribution in [0.15, 0.2) is 54.6 Å². The SMILES string of the molecule is N[C@@H]1CCC[C@H]1CC(=O)Nc1ccccc1NC(=O)c1ccccc1. The van der Waals surface area contributed by atoms with Crippen molar-refractivity contribution in [3.8, 4) is 0 Å². The Bertz CT molecular complexity index is 746. The number of anilines is 2. The van der Waals surface area contributed by atoms with Gasteiger partial charge in [-0.3, -0.25) is 9.59 Å². The lowest BCUT2D eigenvalue weighted by Gasteiger charge is -2.16. The van der Waals surface area contributed by atoms with Gasteiger partial charge in [-0.15, -0.1) is 0 Å². The Morgan fingerprint density at radius 2 is 1.56 bits per heavy atom. The summed E-state index contributed by atoms with van der Waals surface area (Å²) in [5, 5.41) is 5.76. The topological polar surface area (TPSA) is 84.2 Å². The van der Waals surface area contributed by atoms with Crippen molar-refractivity contribution in [2.45, 2.75) is 31.7 Å². The molecule has 2 aromatic rings. The fraction of sp³-hybridized carbons (Fsp3) is 0.300. The minimum atomic E-state index is -0.208. The van der Waals surface area contributed by atoms with Gasteiger partial charge in [0.1, 0.15) is 0 Å². The largest absolute Gasteiger partial charge is 0.327 e. The third-order valence-electron chi connectivity index (χ3n) is 4.65. The van der Waals surface area contributed by atoms with Gasteiger partial charge in [-0.2, -0.15) is 0 Å². The highest BCUT2D eigenvalue weighted by Crippen LogP contribution is 2.28. The van der Waals surface area contributed by atoms with Crippen LogP contribution in [0.25, 0.3) is 0 Å². The van der Waals surface area contributed by atoms with E-state index in [1.807, 2.05) is 30.3 Å². The molecule has 0 aromatic heterocycles. The van der Waals surface area contributed by atoms with Gasteiger partial charge in [-0.25, -0.2) is 0 Å². The summed E-state index contributed by atoms with van der Waals surface area (Å²) < 4.78 is 0. The Morgan fingerprint density at radius 1 is 0.920 bits per heavy atom. The van der Waals surface area contributed by atoms with Crippen LogP contribution in [0.5, 0.6) is 0 Å². The lowest BCUT2D eigenvalue weighted by molar-refractivity contribution is -0.117. The van der Waals surface area contributed by atoms with Gasteiger partial charge in [0.15, 0.2) is 0 Å². The van der Waals surface area contributed by atoms with Crippen LogP contribution in [0.2, 0.25) is 0 Å². The summed E-state index contributed by atoms with van der Waals surface area (Å²) in [4.78, 5) is 24.7. The molecule has 1 aliphatic rings. The lowest BCUT2D eigenvalue weighted by atomic mass is 10.00. The molecule has 0 radical (unpaired) electrons. The van der Waals surface area contributed by atoms with Gasteiger partial charge in [0.05, 0.1) is 11.4 Å². The van der Waals surface area contributed by atoms with Crippen molar-refractivity contribution < 1.29 is 9.59 Å². The maximum Gasteiger partial charge on any atom is 0.255 e. The summed E-state index contributed by atoms with van der Waals surface area (Å²) in [6.45, 7) is 0. The van der Waals surface area contributed by atoms with E-state index in [1.54, 1.807) is 24.3 Å². The van der Waals surface area contributed by atoms with Gasteiger partial charge in [0.25, 0.3) is 5.91 Å². The van der Waals surface area contributed by atoms with Gasteiger partial charge in [0.2, 0.25) is 5.91 Å². The van der Waals surface area contributed by atoms with E-state index in [0.29, 0.717) is 23.4 Å². The molecular formula is C20H23N3O2. The van der Waals surface area contributed by atoms with Crippen molar-refractivity contribution in [1.29, 1.82) is 0 Å². The van der Waals surface area contributed by atoms with Crippen LogP contribution >= 0.6 is 0 Å². The molecule has 2 aromatic carbocycles. The molecule has 1 fully saturated rings. The molecule has 0 bridgehead atoms. The number of benzene rings is 2. The molecule has 0 aliphatic heterocycles. The average Bonchev–Trinajstić information content (AvgIpc) is 3.02. The van der Waals surface area contributed by atoms with Crippen molar-refractivity contribution in [2.24, 2.45) is 11.7 Å². The zero-order chi connectivity index (χ0) is 17.6. The average molecular weight is 337 g/mol. The molecular weight excluding hydrogens is 314 g/mol. The minimum Gasteiger partial charge on any atom is -0.327 e. The van der Waals surface area contributed by atoms with Crippen LogP contribution in [-0.4, -0.2) is 17.9 Å². The number of rotatable bonds is 5. The van der Waals surface area contributed by atoms with Crippen molar-refractivity contribution in [3.63, 3.8) is 0 Å². The maximum atomic E-state index is 12.3. The third kappa shape index (κ3) is 4.45. The number of nitrogens with two attached hydrogens (primary N) is 1. The summed E-state index contributed by atoms with van der Waals surface area (Å²) in [5.41, 5.74) is 7.80. The van der Waals surface area contributed by atoms with Crippen molar-refractivity contribution in [3.05, 3.63) is 60.2 Å². The molecule has 0 unspecified atom stereocenters. The molecule has 0 spiro atoms. The minimum absolute atomic E-state index is 0.0660. The molecule has 1 aliphatic carbocycles. The summed E-state index contributed by atoms with van der Waals surface area (Å²) in [5.74, 6) is -0.0325. The van der Waals surface area contributed by atoms with E-state index in [1.165, 1.54) is 0 Å². The van der Waals surface area contributed by atoms with E-state index < -0.39 is 0 Å². The standard InChI is InChI=1S/C20H23N3O2/c21-16-10-6-9-15(16)13-19(24)22-17-11-4-5-12-18(17)23-20(25)14-7-2-1-3-8-14/h1-5,7-8,11-12,15-16H,6,9-10,13,21H2,(H,22,24)(H,23,25)/t15-,16+/m0/s1. The molecule has 5 heteroatoms. The van der Waals surface area contributed by atoms with E-state index in [2.05, 4.69) is 10.6 Å². The zero-order valence-electron chi connectivity index (χ0n) is 14.1. The number of hydrogen-bond acceptors (Lipinski definition) is 3. The summed E-state index contributed by atoms with van der Waals surface area (Å²) >= 11 is 0. The maximum absolute atomic E-state index is 12.3.